The number of hydrogen-bond acceptors (Lipinski definition) is 3. The highest BCUT2D eigenvalue weighted by Gasteiger charge is 2.11. The number of hydrogen-bond donors (Lipinski definition) is 3. The Labute approximate surface area is 150 Å². The molecule has 124 valence electrons. The Balaban J connectivity index is 1.94. The van der Waals surface area contributed by atoms with Gasteiger partial charge in [0.2, 0.25) is 5.91 Å². The Morgan fingerprint density at radius 2 is 1.75 bits per heavy atom. The van der Waals surface area contributed by atoms with Crippen LogP contribution in [0.5, 0.6) is 0 Å². The molecule has 0 radical (unpaired) electrons. The predicted octanol–water partition coefficient (Wildman–Crippen LogP) is 2.76. The second-order valence-electron chi connectivity index (χ2n) is 4.93. The molecule has 3 N–H and O–H groups in total. The lowest BCUT2D eigenvalue weighted by molar-refractivity contribution is -0.119. The lowest BCUT2D eigenvalue weighted by atomic mass is 10.1. The molecule has 0 saturated heterocycles. The fraction of sp³-hybridized carbons (Fsp3) is 0.118. The van der Waals surface area contributed by atoms with Gasteiger partial charge in [-0.15, -0.1) is 0 Å². The number of nitrogens with one attached hydrogen (secondary N) is 3. The monoisotopic (exact) mass is 361 g/mol. The summed E-state index contributed by atoms with van der Waals surface area (Å²) in [6, 6.07) is 13.9. The van der Waals surface area contributed by atoms with E-state index < -0.39 is 0 Å². The van der Waals surface area contributed by atoms with Crippen LogP contribution in [0.1, 0.15) is 15.9 Å². The summed E-state index contributed by atoms with van der Waals surface area (Å²) < 4.78 is 0. The van der Waals surface area contributed by atoms with Crippen LogP contribution in [-0.2, 0) is 11.2 Å². The van der Waals surface area contributed by atoms with E-state index in [2.05, 4.69) is 16.0 Å². The van der Waals surface area contributed by atoms with Gasteiger partial charge >= 0.3 is 0 Å². The molecule has 0 atom stereocenters. The number of carbonyl (C=O) groups is 2. The fourth-order valence-corrected chi connectivity index (χ4v) is 2.39. The number of anilines is 1. The summed E-state index contributed by atoms with van der Waals surface area (Å²) in [5, 5.41) is 8.58. The molecule has 0 spiro atoms. The number of amides is 2. The van der Waals surface area contributed by atoms with Crippen LogP contribution >= 0.6 is 23.8 Å². The van der Waals surface area contributed by atoms with Crippen LogP contribution in [0.15, 0.2) is 48.5 Å². The average molecular weight is 362 g/mol. The molecule has 0 aliphatic heterocycles. The van der Waals surface area contributed by atoms with Crippen molar-refractivity contribution < 1.29 is 9.59 Å². The van der Waals surface area contributed by atoms with Crippen molar-refractivity contribution in [3.63, 3.8) is 0 Å². The van der Waals surface area contributed by atoms with Crippen LogP contribution in [0.25, 0.3) is 0 Å². The summed E-state index contributed by atoms with van der Waals surface area (Å²) >= 11 is 11.1. The molecular formula is C17H16ClN3O2S. The summed E-state index contributed by atoms with van der Waals surface area (Å²) in [6.07, 6.45) is 0.310. The van der Waals surface area contributed by atoms with E-state index >= 15 is 0 Å². The Bertz CT molecular complexity index is 763. The quantitative estimate of drug-likeness (QED) is 0.732. The summed E-state index contributed by atoms with van der Waals surface area (Å²) in [5.74, 6) is -0.437. The molecule has 7 heteroatoms. The molecule has 0 aliphatic rings. The minimum Gasteiger partial charge on any atom is -0.359 e. The second-order valence-corrected chi connectivity index (χ2v) is 5.75. The fourth-order valence-electron chi connectivity index (χ4n) is 1.96. The van der Waals surface area contributed by atoms with Crippen molar-refractivity contribution in [3.05, 3.63) is 64.7 Å². The van der Waals surface area contributed by atoms with E-state index in [0.29, 0.717) is 22.7 Å². The van der Waals surface area contributed by atoms with Crippen LogP contribution in [-0.4, -0.2) is 24.0 Å². The number of benzene rings is 2. The topological polar surface area (TPSA) is 70.2 Å². The SMILES string of the molecule is CNC(=O)Cc1ccc(NC(=S)NC(=O)c2ccccc2Cl)cc1. The number of likely N-dealkylation sites (N-methyl/N-ethyl adjacent to an activating group) is 1. The third-order valence-corrected chi connectivity index (χ3v) is 3.73. The van der Waals surface area contributed by atoms with Crippen LogP contribution < -0.4 is 16.0 Å². The zero-order chi connectivity index (χ0) is 17.5. The Morgan fingerprint density at radius 1 is 1.08 bits per heavy atom. The third-order valence-electron chi connectivity index (χ3n) is 3.20. The maximum atomic E-state index is 12.1. The highest BCUT2D eigenvalue weighted by molar-refractivity contribution is 7.80. The largest absolute Gasteiger partial charge is 0.359 e. The Kier molecular flexibility index (Phi) is 6.28. The second kappa shape index (κ2) is 8.42. The van der Waals surface area contributed by atoms with Crippen LogP contribution in [0.2, 0.25) is 5.02 Å². The standard InChI is InChI=1S/C17H16ClN3O2S/c1-19-15(22)10-11-6-8-12(9-7-11)20-17(24)21-16(23)13-4-2-3-5-14(13)18/h2-9H,10H2,1H3,(H,19,22)(H2,20,21,23,24). The minimum absolute atomic E-state index is 0.0572. The van der Waals surface area contributed by atoms with Gasteiger partial charge in [0.05, 0.1) is 17.0 Å². The van der Waals surface area contributed by atoms with Crippen molar-refractivity contribution in [1.29, 1.82) is 0 Å². The van der Waals surface area contributed by atoms with Crippen molar-refractivity contribution in [2.45, 2.75) is 6.42 Å². The smallest absolute Gasteiger partial charge is 0.258 e. The molecule has 0 aliphatic carbocycles. The Morgan fingerprint density at radius 3 is 2.38 bits per heavy atom. The molecule has 2 rings (SSSR count). The maximum absolute atomic E-state index is 12.1. The summed E-state index contributed by atoms with van der Waals surface area (Å²) in [7, 11) is 1.60. The maximum Gasteiger partial charge on any atom is 0.258 e. The van der Waals surface area contributed by atoms with Gasteiger partial charge in [-0.1, -0.05) is 35.9 Å². The first kappa shape index (κ1) is 17.9. The van der Waals surface area contributed by atoms with Gasteiger partial charge in [-0.25, -0.2) is 0 Å². The molecule has 0 saturated carbocycles. The van der Waals surface area contributed by atoms with Gasteiger partial charge in [0.15, 0.2) is 5.11 Å². The van der Waals surface area contributed by atoms with Gasteiger partial charge in [-0.05, 0) is 42.0 Å². The van der Waals surface area contributed by atoms with Crippen molar-refractivity contribution in [1.82, 2.24) is 10.6 Å². The molecule has 0 fully saturated rings. The third kappa shape index (κ3) is 5.04. The Hall–Kier alpha value is -2.44. The number of thiocarbonyl (C=S) groups is 1. The van der Waals surface area contributed by atoms with E-state index in [9.17, 15) is 9.59 Å². The first-order valence-electron chi connectivity index (χ1n) is 7.16. The lowest BCUT2D eigenvalue weighted by Crippen LogP contribution is -2.34. The van der Waals surface area contributed by atoms with E-state index in [1.54, 1.807) is 43.4 Å². The first-order chi connectivity index (χ1) is 11.5. The van der Waals surface area contributed by atoms with Gasteiger partial charge in [0.25, 0.3) is 5.91 Å². The van der Waals surface area contributed by atoms with E-state index in [0.717, 1.165) is 5.56 Å². The zero-order valence-electron chi connectivity index (χ0n) is 12.9. The zero-order valence-corrected chi connectivity index (χ0v) is 14.5. The van der Waals surface area contributed by atoms with Crippen molar-refractivity contribution >= 4 is 46.4 Å². The molecule has 2 aromatic rings. The molecule has 0 heterocycles. The van der Waals surface area contributed by atoms with Gasteiger partial charge in [-0.2, -0.15) is 0 Å². The lowest BCUT2D eigenvalue weighted by Gasteiger charge is -2.11. The van der Waals surface area contributed by atoms with Crippen molar-refractivity contribution in [2.24, 2.45) is 0 Å². The molecule has 2 aromatic carbocycles. The molecule has 2 amide bonds. The predicted molar refractivity (Wildman–Crippen MR) is 99.4 cm³/mol. The van der Waals surface area contributed by atoms with Gasteiger partial charge in [0, 0.05) is 12.7 Å². The minimum atomic E-state index is -0.380. The van der Waals surface area contributed by atoms with E-state index in [-0.39, 0.29) is 16.9 Å². The van der Waals surface area contributed by atoms with Gasteiger partial charge < -0.3 is 10.6 Å². The molecular weight excluding hydrogens is 346 g/mol. The average Bonchev–Trinajstić information content (AvgIpc) is 2.56. The number of halogens is 1. The molecule has 5 nitrogen and oxygen atoms in total. The summed E-state index contributed by atoms with van der Waals surface area (Å²) in [6.45, 7) is 0. The van der Waals surface area contributed by atoms with Gasteiger partial charge in [-0.3, -0.25) is 14.9 Å². The summed E-state index contributed by atoms with van der Waals surface area (Å²) in [4.78, 5) is 23.4. The number of rotatable bonds is 4. The van der Waals surface area contributed by atoms with E-state index in [4.69, 9.17) is 23.8 Å². The van der Waals surface area contributed by atoms with E-state index in [1.165, 1.54) is 0 Å². The van der Waals surface area contributed by atoms with E-state index in [1.807, 2.05) is 12.1 Å². The molecule has 0 bridgehead atoms. The van der Waals surface area contributed by atoms with Crippen LogP contribution in [0.4, 0.5) is 5.69 Å². The molecule has 0 unspecified atom stereocenters. The molecule has 24 heavy (non-hydrogen) atoms. The van der Waals surface area contributed by atoms with Crippen molar-refractivity contribution in [3.8, 4) is 0 Å². The highest BCUT2D eigenvalue weighted by atomic mass is 35.5. The van der Waals surface area contributed by atoms with Crippen LogP contribution in [0, 0.1) is 0 Å². The first-order valence-corrected chi connectivity index (χ1v) is 7.94. The van der Waals surface area contributed by atoms with Gasteiger partial charge in [0.1, 0.15) is 0 Å². The van der Waals surface area contributed by atoms with Crippen molar-refractivity contribution in [2.75, 3.05) is 12.4 Å². The summed E-state index contributed by atoms with van der Waals surface area (Å²) in [5.41, 5.74) is 1.94. The molecule has 0 aromatic heterocycles. The normalized spacial score (nSPS) is 9.92. The van der Waals surface area contributed by atoms with Crippen LogP contribution in [0.3, 0.4) is 0 Å². The number of carbonyl (C=O) groups excluding carboxylic acids is 2. The highest BCUT2D eigenvalue weighted by Crippen LogP contribution is 2.15.